The molecule has 3 rings (SSSR count). The number of hydrogen-bond donors (Lipinski definition) is 1. The second-order valence-corrected chi connectivity index (χ2v) is 8.97. The molecule has 6 nitrogen and oxygen atoms in total. The number of nitrogens with zero attached hydrogens (tertiary/aromatic N) is 1. The van der Waals surface area contributed by atoms with Gasteiger partial charge >= 0.3 is 5.97 Å². The van der Waals surface area contributed by atoms with Crippen molar-refractivity contribution in [2.75, 3.05) is 13.1 Å². The Labute approximate surface area is 170 Å². The summed E-state index contributed by atoms with van der Waals surface area (Å²) in [6, 6.07) is 5.54. The summed E-state index contributed by atoms with van der Waals surface area (Å²) in [6.45, 7) is 6.61. The zero-order valence-corrected chi connectivity index (χ0v) is 17.2. The van der Waals surface area contributed by atoms with Crippen molar-refractivity contribution in [3.05, 3.63) is 35.6 Å². The minimum absolute atomic E-state index is 0.0670. The molecule has 7 heteroatoms. The fourth-order valence-electron chi connectivity index (χ4n) is 3.42. The summed E-state index contributed by atoms with van der Waals surface area (Å²) in [6.07, 6.45) is 1.73. The lowest BCUT2D eigenvalue weighted by molar-refractivity contribution is -0.162. The molecule has 158 valence electrons. The van der Waals surface area contributed by atoms with Crippen molar-refractivity contribution in [1.82, 2.24) is 10.2 Å². The molecule has 1 aromatic carbocycles. The molecule has 0 bridgehead atoms. The van der Waals surface area contributed by atoms with Gasteiger partial charge in [0, 0.05) is 30.1 Å². The van der Waals surface area contributed by atoms with Gasteiger partial charge in [0.2, 0.25) is 12.0 Å². The molecule has 2 aliphatic rings. The van der Waals surface area contributed by atoms with Gasteiger partial charge in [-0.05, 0) is 37.8 Å². The molecule has 0 aromatic heterocycles. The van der Waals surface area contributed by atoms with Crippen molar-refractivity contribution in [1.29, 1.82) is 0 Å². The van der Waals surface area contributed by atoms with E-state index in [0.29, 0.717) is 31.5 Å². The fourth-order valence-corrected chi connectivity index (χ4v) is 3.42. The molecule has 1 saturated heterocycles. The first-order chi connectivity index (χ1) is 13.6. The minimum Gasteiger partial charge on any atom is -0.447 e. The Bertz CT molecular complexity index is 760. The maximum absolute atomic E-state index is 13.3. The molecule has 1 N–H and O–H groups in total. The van der Waals surface area contributed by atoms with Gasteiger partial charge in [0.05, 0.1) is 5.92 Å². The standard InChI is InChI=1S/C22H29FN2O4/c1-22(2,3)21(28)25-12-10-15(11-13-25)20(27)29-18(19(26)24-17-8-9-17)14-4-6-16(23)7-5-14/h4-7,15,17-18H,8-13H2,1-3H3,(H,24,26). The lowest BCUT2D eigenvalue weighted by Gasteiger charge is -2.35. The van der Waals surface area contributed by atoms with Crippen LogP contribution in [0.25, 0.3) is 0 Å². The van der Waals surface area contributed by atoms with E-state index in [1.54, 1.807) is 4.90 Å². The third kappa shape index (κ3) is 5.55. The van der Waals surface area contributed by atoms with Crippen molar-refractivity contribution in [2.24, 2.45) is 11.3 Å². The third-order valence-electron chi connectivity index (χ3n) is 5.33. The summed E-state index contributed by atoms with van der Waals surface area (Å²) < 4.78 is 18.9. The van der Waals surface area contributed by atoms with Crippen molar-refractivity contribution >= 4 is 17.8 Å². The number of carbonyl (C=O) groups is 3. The molecular formula is C22H29FN2O4. The van der Waals surface area contributed by atoms with E-state index in [4.69, 9.17) is 4.74 Å². The van der Waals surface area contributed by atoms with Crippen LogP contribution >= 0.6 is 0 Å². The summed E-state index contributed by atoms with van der Waals surface area (Å²) >= 11 is 0. The van der Waals surface area contributed by atoms with Crippen molar-refractivity contribution < 1.29 is 23.5 Å². The number of ether oxygens (including phenoxy) is 1. The quantitative estimate of drug-likeness (QED) is 0.766. The molecular weight excluding hydrogens is 375 g/mol. The highest BCUT2D eigenvalue weighted by Crippen LogP contribution is 2.28. The van der Waals surface area contributed by atoms with E-state index in [-0.39, 0.29) is 23.8 Å². The number of rotatable bonds is 5. The number of halogens is 1. The lowest BCUT2D eigenvalue weighted by atomic mass is 9.91. The molecule has 1 aliphatic carbocycles. The highest BCUT2D eigenvalue weighted by molar-refractivity contribution is 5.86. The minimum atomic E-state index is -1.10. The van der Waals surface area contributed by atoms with Gasteiger partial charge < -0.3 is 15.0 Å². The monoisotopic (exact) mass is 404 g/mol. The van der Waals surface area contributed by atoms with Crippen LogP contribution in [0.15, 0.2) is 24.3 Å². The Morgan fingerprint density at radius 1 is 1.07 bits per heavy atom. The maximum Gasteiger partial charge on any atom is 0.310 e. The topological polar surface area (TPSA) is 75.7 Å². The number of piperidine rings is 1. The van der Waals surface area contributed by atoms with Crippen LogP contribution in [0.3, 0.4) is 0 Å². The summed E-state index contributed by atoms with van der Waals surface area (Å²) in [7, 11) is 0. The molecule has 1 aromatic rings. The zero-order chi connectivity index (χ0) is 21.2. The second kappa shape index (κ2) is 8.51. The van der Waals surface area contributed by atoms with E-state index in [0.717, 1.165) is 12.8 Å². The van der Waals surface area contributed by atoms with E-state index >= 15 is 0 Å². The van der Waals surface area contributed by atoms with Gasteiger partial charge in [-0.1, -0.05) is 32.9 Å². The summed E-state index contributed by atoms with van der Waals surface area (Å²) in [5, 5.41) is 2.85. The molecule has 1 atom stereocenters. The average Bonchev–Trinajstić information content (AvgIpc) is 3.49. The highest BCUT2D eigenvalue weighted by atomic mass is 19.1. The lowest BCUT2D eigenvalue weighted by Crippen LogP contribution is -2.45. The Morgan fingerprint density at radius 2 is 1.66 bits per heavy atom. The van der Waals surface area contributed by atoms with Crippen LogP contribution < -0.4 is 5.32 Å². The number of amides is 2. The Morgan fingerprint density at radius 3 is 2.17 bits per heavy atom. The van der Waals surface area contributed by atoms with Crippen LogP contribution in [0.2, 0.25) is 0 Å². The molecule has 1 unspecified atom stereocenters. The molecule has 0 radical (unpaired) electrons. The number of esters is 1. The SMILES string of the molecule is CC(C)(C)C(=O)N1CCC(C(=O)OC(C(=O)NC2CC2)c2ccc(F)cc2)CC1. The zero-order valence-electron chi connectivity index (χ0n) is 17.2. The third-order valence-corrected chi connectivity index (χ3v) is 5.33. The van der Waals surface area contributed by atoms with Crippen LogP contribution in [-0.2, 0) is 19.1 Å². The number of nitrogens with one attached hydrogen (secondary N) is 1. The first kappa shape index (κ1) is 21.3. The van der Waals surface area contributed by atoms with Gasteiger partial charge in [0.15, 0.2) is 0 Å². The normalized spacial score (nSPS) is 18.8. The molecule has 2 amide bonds. The predicted molar refractivity (Wildman–Crippen MR) is 105 cm³/mol. The van der Waals surface area contributed by atoms with Crippen LogP contribution in [0.4, 0.5) is 4.39 Å². The summed E-state index contributed by atoms with van der Waals surface area (Å²) in [5.74, 6) is -1.55. The second-order valence-electron chi connectivity index (χ2n) is 8.97. The Hall–Kier alpha value is -2.44. The van der Waals surface area contributed by atoms with E-state index in [1.165, 1.54) is 24.3 Å². The first-order valence-corrected chi connectivity index (χ1v) is 10.2. The maximum atomic E-state index is 13.3. The van der Waals surface area contributed by atoms with Gasteiger partial charge in [0.1, 0.15) is 5.82 Å². The summed E-state index contributed by atoms with van der Waals surface area (Å²) in [5.41, 5.74) is -0.0136. The van der Waals surface area contributed by atoms with Crippen LogP contribution in [0, 0.1) is 17.2 Å². The van der Waals surface area contributed by atoms with Crippen LogP contribution in [-0.4, -0.2) is 41.8 Å². The number of benzene rings is 1. The van der Waals surface area contributed by atoms with Gasteiger partial charge in [-0.25, -0.2) is 4.39 Å². The number of hydrogen-bond acceptors (Lipinski definition) is 4. The molecule has 1 saturated carbocycles. The fraction of sp³-hybridized carbons (Fsp3) is 0.591. The molecule has 2 fully saturated rings. The van der Waals surface area contributed by atoms with E-state index in [1.807, 2.05) is 20.8 Å². The van der Waals surface area contributed by atoms with Crippen LogP contribution in [0.1, 0.15) is 58.1 Å². The highest BCUT2D eigenvalue weighted by Gasteiger charge is 2.36. The first-order valence-electron chi connectivity index (χ1n) is 10.2. The molecule has 29 heavy (non-hydrogen) atoms. The predicted octanol–water partition coefficient (Wildman–Crippen LogP) is 2.97. The van der Waals surface area contributed by atoms with Crippen molar-refractivity contribution in [3.63, 3.8) is 0 Å². The smallest absolute Gasteiger partial charge is 0.310 e. The molecule has 0 spiro atoms. The van der Waals surface area contributed by atoms with Crippen molar-refractivity contribution in [3.8, 4) is 0 Å². The van der Waals surface area contributed by atoms with E-state index in [2.05, 4.69) is 5.32 Å². The van der Waals surface area contributed by atoms with Gasteiger partial charge in [0.25, 0.3) is 5.91 Å². The van der Waals surface area contributed by atoms with Gasteiger partial charge in [-0.15, -0.1) is 0 Å². The van der Waals surface area contributed by atoms with Gasteiger partial charge in [-0.3, -0.25) is 14.4 Å². The Kier molecular flexibility index (Phi) is 6.24. The molecule has 1 heterocycles. The average molecular weight is 404 g/mol. The number of likely N-dealkylation sites (tertiary alicyclic amines) is 1. The number of carbonyl (C=O) groups excluding carboxylic acids is 3. The van der Waals surface area contributed by atoms with E-state index in [9.17, 15) is 18.8 Å². The van der Waals surface area contributed by atoms with E-state index < -0.39 is 23.3 Å². The van der Waals surface area contributed by atoms with Crippen LogP contribution in [0.5, 0.6) is 0 Å². The Balaban J connectivity index is 1.63. The van der Waals surface area contributed by atoms with Crippen molar-refractivity contribution in [2.45, 2.75) is 58.6 Å². The van der Waals surface area contributed by atoms with Gasteiger partial charge in [-0.2, -0.15) is 0 Å². The molecule has 1 aliphatic heterocycles. The summed E-state index contributed by atoms with van der Waals surface area (Å²) in [4.78, 5) is 39.6. The largest absolute Gasteiger partial charge is 0.447 e.